The Bertz CT molecular complexity index is 643. The molecular weight excluding hydrogens is 286 g/mol. The molecule has 1 unspecified atom stereocenters. The summed E-state index contributed by atoms with van der Waals surface area (Å²) in [5.74, 6) is 0.493. The first kappa shape index (κ1) is 15.3. The standard InChI is InChI=1S/C16H18ClN3O/c1-11(12-6-4-7-13(17)10-12)19-16(21)14-8-5-9-18-15(14)20(2)3/h4-11H,1-3H3,(H,19,21). The summed E-state index contributed by atoms with van der Waals surface area (Å²) in [5, 5.41) is 3.63. The maximum atomic E-state index is 12.4. The van der Waals surface area contributed by atoms with Gasteiger partial charge in [0.05, 0.1) is 11.6 Å². The first-order valence-corrected chi connectivity index (χ1v) is 7.05. The molecule has 21 heavy (non-hydrogen) atoms. The Morgan fingerprint density at radius 1 is 1.29 bits per heavy atom. The molecule has 2 aromatic rings. The van der Waals surface area contributed by atoms with Gasteiger partial charge in [0.25, 0.3) is 5.91 Å². The van der Waals surface area contributed by atoms with Crippen LogP contribution in [0.3, 0.4) is 0 Å². The van der Waals surface area contributed by atoms with Gasteiger partial charge in [-0.2, -0.15) is 0 Å². The molecule has 2 rings (SSSR count). The third-order valence-corrected chi connectivity index (χ3v) is 3.39. The summed E-state index contributed by atoms with van der Waals surface area (Å²) in [6.45, 7) is 1.93. The normalized spacial score (nSPS) is 11.8. The van der Waals surface area contributed by atoms with Crippen molar-refractivity contribution in [2.45, 2.75) is 13.0 Å². The van der Waals surface area contributed by atoms with Crippen LogP contribution in [0.5, 0.6) is 0 Å². The lowest BCUT2D eigenvalue weighted by Crippen LogP contribution is -2.28. The summed E-state index contributed by atoms with van der Waals surface area (Å²) in [5.41, 5.74) is 1.52. The SMILES string of the molecule is CC(NC(=O)c1cccnc1N(C)C)c1cccc(Cl)c1. The fourth-order valence-electron chi connectivity index (χ4n) is 2.06. The van der Waals surface area contributed by atoms with Crippen LogP contribution in [-0.4, -0.2) is 25.0 Å². The highest BCUT2D eigenvalue weighted by atomic mass is 35.5. The minimum Gasteiger partial charge on any atom is -0.362 e. The molecule has 0 aliphatic heterocycles. The van der Waals surface area contributed by atoms with Crippen molar-refractivity contribution in [3.05, 3.63) is 58.7 Å². The largest absolute Gasteiger partial charge is 0.362 e. The van der Waals surface area contributed by atoms with E-state index < -0.39 is 0 Å². The first-order valence-electron chi connectivity index (χ1n) is 6.67. The number of aromatic nitrogens is 1. The van der Waals surface area contributed by atoms with Crippen LogP contribution in [0.1, 0.15) is 28.9 Å². The molecule has 0 aliphatic carbocycles. The molecule has 1 heterocycles. The molecule has 0 saturated carbocycles. The van der Waals surface area contributed by atoms with E-state index in [2.05, 4.69) is 10.3 Å². The van der Waals surface area contributed by atoms with E-state index in [1.54, 1.807) is 18.3 Å². The topological polar surface area (TPSA) is 45.2 Å². The van der Waals surface area contributed by atoms with E-state index in [1.165, 1.54) is 0 Å². The van der Waals surface area contributed by atoms with Crippen LogP contribution in [0.2, 0.25) is 5.02 Å². The van der Waals surface area contributed by atoms with Crippen molar-refractivity contribution >= 4 is 23.3 Å². The zero-order valence-electron chi connectivity index (χ0n) is 12.3. The highest BCUT2D eigenvalue weighted by Crippen LogP contribution is 2.19. The Balaban J connectivity index is 2.18. The summed E-state index contributed by atoms with van der Waals surface area (Å²) in [6.07, 6.45) is 1.67. The van der Waals surface area contributed by atoms with E-state index in [0.29, 0.717) is 16.4 Å². The van der Waals surface area contributed by atoms with Crippen LogP contribution >= 0.6 is 11.6 Å². The zero-order valence-corrected chi connectivity index (χ0v) is 13.1. The first-order chi connectivity index (χ1) is 9.99. The molecule has 4 nitrogen and oxygen atoms in total. The average molecular weight is 304 g/mol. The number of carbonyl (C=O) groups excluding carboxylic acids is 1. The number of anilines is 1. The number of amides is 1. The predicted molar refractivity (Wildman–Crippen MR) is 85.9 cm³/mol. The lowest BCUT2D eigenvalue weighted by molar-refractivity contribution is 0.0940. The molecule has 1 atom stereocenters. The Hall–Kier alpha value is -2.07. The van der Waals surface area contributed by atoms with Gasteiger partial charge >= 0.3 is 0 Å². The number of hydrogen-bond acceptors (Lipinski definition) is 3. The van der Waals surface area contributed by atoms with E-state index in [9.17, 15) is 4.79 Å². The second kappa shape index (κ2) is 6.59. The van der Waals surface area contributed by atoms with Gasteiger partial charge in [0.1, 0.15) is 5.82 Å². The van der Waals surface area contributed by atoms with E-state index in [-0.39, 0.29) is 11.9 Å². The molecule has 110 valence electrons. The molecular formula is C16H18ClN3O. The van der Waals surface area contributed by atoms with Gasteiger partial charge in [-0.05, 0) is 36.8 Å². The van der Waals surface area contributed by atoms with Crippen LogP contribution in [0, 0.1) is 0 Å². The molecule has 0 saturated heterocycles. The van der Waals surface area contributed by atoms with Crippen molar-refractivity contribution in [2.75, 3.05) is 19.0 Å². The van der Waals surface area contributed by atoms with Gasteiger partial charge in [-0.1, -0.05) is 23.7 Å². The summed E-state index contributed by atoms with van der Waals surface area (Å²) >= 11 is 5.98. The maximum Gasteiger partial charge on any atom is 0.255 e. The number of halogens is 1. The van der Waals surface area contributed by atoms with Crippen molar-refractivity contribution in [3.63, 3.8) is 0 Å². The summed E-state index contributed by atoms with van der Waals surface area (Å²) in [6, 6.07) is 10.9. The number of nitrogens with zero attached hydrogens (tertiary/aromatic N) is 2. The zero-order chi connectivity index (χ0) is 15.4. The van der Waals surface area contributed by atoms with E-state index in [1.807, 2.05) is 50.2 Å². The summed E-state index contributed by atoms with van der Waals surface area (Å²) in [4.78, 5) is 18.5. The third kappa shape index (κ3) is 3.73. The van der Waals surface area contributed by atoms with Crippen LogP contribution in [0.25, 0.3) is 0 Å². The van der Waals surface area contributed by atoms with Crippen LogP contribution in [0.15, 0.2) is 42.6 Å². The van der Waals surface area contributed by atoms with Crippen LogP contribution in [-0.2, 0) is 0 Å². The quantitative estimate of drug-likeness (QED) is 0.942. The number of nitrogens with one attached hydrogen (secondary N) is 1. The minimum atomic E-state index is -0.153. The fraction of sp³-hybridized carbons (Fsp3) is 0.250. The number of carbonyl (C=O) groups is 1. The Morgan fingerprint density at radius 2 is 2.05 bits per heavy atom. The number of benzene rings is 1. The van der Waals surface area contributed by atoms with Gasteiger partial charge in [0.15, 0.2) is 0 Å². The van der Waals surface area contributed by atoms with Gasteiger partial charge < -0.3 is 10.2 Å². The number of pyridine rings is 1. The molecule has 1 amide bonds. The van der Waals surface area contributed by atoms with Gasteiger partial charge in [-0.25, -0.2) is 4.98 Å². The lowest BCUT2D eigenvalue weighted by atomic mass is 10.1. The summed E-state index contributed by atoms with van der Waals surface area (Å²) < 4.78 is 0. The van der Waals surface area contributed by atoms with Crippen molar-refractivity contribution in [3.8, 4) is 0 Å². The van der Waals surface area contributed by atoms with Crippen molar-refractivity contribution in [2.24, 2.45) is 0 Å². The van der Waals surface area contributed by atoms with Crippen molar-refractivity contribution in [1.82, 2.24) is 10.3 Å². The fourth-order valence-corrected chi connectivity index (χ4v) is 2.26. The van der Waals surface area contributed by atoms with Crippen LogP contribution < -0.4 is 10.2 Å². The molecule has 0 radical (unpaired) electrons. The number of rotatable bonds is 4. The van der Waals surface area contributed by atoms with Crippen molar-refractivity contribution < 1.29 is 4.79 Å². The lowest BCUT2D eigenvalue weighted by Gasteiger charge is -2.18. The molecule has 1 N–H and O–H groups in total. The van der Waals surface area contributed by atoms with Crippen LogP contribution in [0.4, 0.5) is 5.82 Å². The van der Waals surface area contributed by atoms with Gasteiger partial charge in [0, 0.05) is 25.3 Å². The van der Waals surface area contributed by atoms with Gasteiger partial charge in [-0.15, -0.1) is 0 Å². The minimum absolute atomic E-state index is 0.133. The molecule has 0 aliphatic rings. The molecule has 0 spiro atoms. The van der Waals surface area contributed by atoms with E-state index in [0.717, 1.165) is 5.56 Å². The Labute approximate surface area is 129 Å². The molecule has 0 bridgehead atoms. The second-order valence-electron chi connectivity index (χ2n) is 5.02. The average Bonchev–Trinajstić information content (AvgIpc) is 2.47. The maximum absolute atomic E-state index is 12.4. The second-order valence-corrected chi connectivity index (χ2v) is 5.46. The van der Waals surface area contributed by atoms with Gasteiger partial charge in [-0.3, -0.25) is 4.79 Å². The predicted octanol–water partition coefficient (Wildman–Crippen LogP) is 3.29. The number of hydrogen-bond donors (Lipinski definition) is 1. The van der Waals surface area contributed by atoms with E-state index >= 15 is 0 Å². The van der Waals surface area contributed by atoms with E-state index in [4.69, 9.17) is 11.6 Å². The highest BCUT2D eigenvalue weighted by molar-refractivity contribution is 6.30. The Kier molecular flexibility index (Phi) is 4.81. The Morgan fingerprint density at radius 3 is 2.71 bits per heavy atom. The van der Waals surface area contributed by atoms with Gasteiger partial charge in [0.2, 0.25) is 0 Å². The van der Waals surface area contributed by atoms with Crippen molar-refractivity contribution in [1.29, 1.82) is 0 Å². The monoisotopic (exact) mass is 303 g/mol. The third-order valence-electron chi connectivity index (χ3n) is 3.15. The smallest absolute Gasteiger partial charge is 0.255 e. The molecule has 1 aromatic heterocycles. The molecule has 5 heteroatoms. The highest BCUT2D eigenvalue weighted by Gasteiger charge is 2.16. The summed E-state index contributed by atoms with van der Waals surface area (Å²) in [7, 11) is 3.72. The molecule has 1 aromatic carbocycles. The molecule has 0 fully saturated rings.